The number of fused-ring (bicyclic) bond motifs is 2. The van der Waals surface area contributed by atoms with Gasteiger partial charge in [0.25, 0.3) is 0 Å². The number of hydrogen-bond acceptors (Lipinski definition) is 8. The Morgan fingerprint density at radius 2 is 2.00 bits per heavy atom. The van der Waals surface area contributed by atoms with Crippen molar-refractivity contribution in [3.63, 3.8) is 0 Å². The summed E-state index contributed by atoms with van der Waals surface area (Å²) >= 11 is 0. The summed E-state index contributed by atoms with van der Waals surface area (Å²) in [6.07, 6.45) is 5.75. The zero-order valence-corrected chi connectivity index (χ0v) is 19.9. The van der Waals surface area contributed by atoms with Crippen molar-refractivity contribution in [2.75, 3.05) is 24.4 Å². The van der Waals surface area contributed by atoms with Crippen LogP contribution in [0.2, 0.25) is 0 Å². The molecule has 2 aromatic heterocycles. The smallest absolute Gasteiger partial charge is 0.230 e. The molecule has 0 radical (unpaired) electrons. The molecule has 0 aromatic carbocycles. The van der Waals surface area contributed by atoms with E-state index in [2.05, 4.69) is 44.1 Å². The first kappa shape index (κ1) is 23.3. The fourth-order valence-corrected chi connectivity index (χ4v) is 5.07. The lowest BCUT2D eigenvalue weighted by Gasteiger charge is -2.50. The number of nitrogens with zero attached hydrogens (tertiary/aromatic N) is 5. The molecule has 0 saturated carbocycles. The van der Waals surface area contributed by atoms with Crippen molar-refractivity contribution in [1.82, 2.24) is 25.1 Å². The average molecular weight is 458 g/mol. The molecule has 4 heterocycles. The first-order valence-corrected chi connectivity index (χ1v) is 11.8. The molecule has 10 nitrogen and oxygen atoms in total. The van der Waals surface area contributed by atoms with Crippen LogP contribution in [-0.2, 0) is 11.4 Å². The van der Waals surface area contributed by atoms with Gasteiger partial charge in [0.1, 0.15) is 5.82 Å². The second kappa shape index (κ2) is 9.94. The summed E-state index contributed by atoms with van der Waals surface area (Å²) in [6, 6.07) is 4.24. The van der Waals surface area contributed by atoms with E-state index in [0.717, 1.165) is 25.7 Å². The van der Waals surface area contributed by atoms with Gasteiger partial charge in [-0.1, -0.05) is 13.8 Å². The lowest BCUT2D eigenvalue weighted by molar-refractivity contribution is -0.141. The molecule has 2 aromatic rings. The standard InChI is InChI=1S/C23H35N7O3/c1-14(2)8-22(32)30-16-6-5-7-17(30)11-18(10-16)29(3)23-25-19(12-21(26-23)33-4)24-20-9-15(13-31)27-28-20/h9,12,14,16-18,31H,5-8,10-11,13H2,1-4H3,(H2,24,25,26,27,28)/t16-,17+,18?. The summed E-state index contributed by atoms with van der Waals surface area (Å²) < 4.78 is 5.42. The van der Waals surface area contributed by atoms with Crippen molar-refractivity contribution in [2.45, 2.75) is 77.1 Å². The molecule has 180 valence electrons. The predicted molar refractivity (Wildman–Crippen MR) is 126 cm³/mol. The number of ether oxygens (including phenoxy) is 1. The van der Waals surface area contributed by atoms with Crippen LogP contribution in [0.5, 0.6) is 5.88 Å². The number of nitrogens with one attached hydrogen (secondary N) is 2. The van der Waals surface area contributed by atoms with Gasteiger partial charge >= 0.3 is 0 Å². The van der Waals surface area contributed by atoms with E-state index >= 15 is 0 Å². The van der Waals surface area contributed by atoms with Crippen molar-refractivity contribution in [2.24, 2.45) is 5.92 Å². The topological polar surface area (TPSA) is 119 Å². The van der Waals surface area contributed by atoms with Crippen molar-refractivity contribution in [3.05, 3.63) is 17.8 Å². The van der Waals surface area contributed by atoms with Crippen LogP contribution in [0.4, 0.5) is 17.6 Å². The number of amides is 1. The van der Waals surface area contributed by atoms with Gasteiger partial charge in [0.15, 0.2) is 5.82 Å². The molecule has 2 aliphatic rings. The van der Waals surface area contributed by atoms with Crippen LogP contribution in [0, 0.1) is 5.92 Å². The van der Waals surface area contributed by atoms with E-state index < -0.39 is 0 Å². The molecule has 10 heteroatoms. The molecule has 2 fully saturated rings. The van der Waals surface area contributed by atoms with E-state index in [1.807, 2.05) is 7.05 Å². The Bertz CT molecular complexity index is 949. The van der Waals surface area contributed by atoms with Gasteiger partial charge in [-0.15, -0.1) is 0 Å². The highest BCUT2D eigenvalue weighted by molar-refractivity contribution is 5.77. The molecule has 3 N–H and O–H groups in total. The zero-order valence-electron chi connectivity index (χ0n) is 19.9. The van der Waals surface area contributed by atoms with Crippen LogP contribution in [0.3, 0.4) is 0 Å². The number of rotatable bonds is 8. The Kier molecular flexibility index (Phi) is 7.02. The van der Waals surface area contributed by atoms with E-state index in [1.54, 1.807) is 19.2 Å². The van der Waals surface area contributed by atoms with Crippen LogP contribution < -0.4 is 15.0 Å². The molecule has 33 heavy (non-hydrogen) atoms. The second-order valence-corrected chi connectivity index (χ2v) is 9.53. The minimum Gasteiger partial charge on any atom is -0.481 e. The molecular weight excluding hydrogens is 422 g/mol. The van der Waals surface area contributed by atoms with Crippen molar-refractivity contribution in [1.29, 1.82) is 0 Å². The highest BCUT2D eigenvalue weighted by Crippen LogP contribution is 2.37. The number of anilines is 3. The van der Waals surface area contributed by atoms with Gasteiger partial charge in [-0.05, 0) is 38.0 Å². The molecule has 0 spiro atoms. The van der Waals surface area contributed by atoms with Crippen LogP contribution in [0.25, 0.3) is 0 Å². The molecular formula is C23H35N7O3. The van der Waals surface area contributed by atoms with Crippen LogP contribution in [0.1, 0.15) is 58.1 Å². The van der Waals surface area contributed by atoms with E-state index in [0.29, 0.717) is 47.4 Å². The van der Waals surface area contributed by atoms with Crippen molar-refractivity contribution in [3.8, 4) is 5.88 Å². The number of aromatic amines is 1. The summed E-state index contributed by atoms with van der Waals surface area (Å²) in [5, 5.41) is 19.3. The summed E-state index contributed by atoms with van der Waals surface area (Å²) in [6.45, 7) is 4.09. The van der Waals surface area contributed by atoms with Gasteiger partial charge in [0.2, 0.25) is 17.7 Å². The van der Waals surface area contributed by atoms with Gasteiger partial charge in [0.05, 0.1) is 19.4 Å². The highest BCUT2D eigenvalue weighted by atomic mass is 16.5. The Labute approximate surface area is 194 Å². The molecule has 2 saturated heterocycles. The second-order valence-electron chi connectivity index (χ2n) is 9.53. The summed E-state index contributed by atoms with van der Waals surface area (Å²) in [5.74, 6) is 2.81. The van der Waals surface area contributed by atoms with Gasteiger partial charge < -0.3 is 25.0 Å². The van der Waals surface area contributed by atoms with Gasteiger partial charge in [0, 0.05) is 43.7 Å². The summed E-state index contributed by atoms with van der Waals surface area (Å²) in [5.41, 5.74) is 0.612. The maximum Gasteiger partial charge on any atom is 0.230 e. The van der Waals surface area contributed by atoms with Gasteiger partial charge in [-0.2, -0.15) is 15.1 Å². The zero-order chi connectivity index (χ0) is 23.5. The number of aliphatic hydroxyl groups is 1. The molecule has 1 unspecified atom stereocenters. The number of H-pyrrole nitrogens is 1. The fraction of sp³-hybridized carbons (Fsp3) is 0.652. The van der Waals surface area contributed by atoms with E-state index in [-0.39, 0.29) is 24.7 Å². The number of piperidine rings is 2. The lowest BCUT2D eigenvalue weighted by atomic mass is 9.81. The monoisotopic (exact) mass is 457 g/mol. The SMILES string of the molecule is COc1cc(Nc2cc(CO)[nH]n2)nc(N(C)C2C[C@H]3CCC[C@@H](C2)N3C(=O)CC(C)C)n1. The maximum absolute atomic E-state index is 12.9. The Morgan fingerprint density at radius 1 is 1.27 bits per heavy atom. The van der Waals surface area contributed by atoms with Crippen LogP contribution >= 0.6 is 0 Å². The van der Waals surface area contributed by atoms with Crippen LogP contribution in [0.15, 0.2) is 12.1 Å². The largest absolute Gasteiger partial charge is 0.481 e. The molecule has 2 bridgehead atoms. The molecule has 0 aliphatic carbocycles. The Hall–Kier alpha value is -2.88. The fourth-order valence-electron chi connectivity index (χ4n) is 5.07. The quantitative estimate of drug-likeness (QED) is 0.554. The van der Waals surface area contributed by atoms with E-state index in [1.165, 1.54) is 6.42 Å². The predicted octanol–water partition coefficient (Wildman–Crippen LogP) is 2.84. The number of aliphatic hydroxyl groups excluding tert-OH is 1. The molecule has 1 amide bonds. The molecule has 2 aliphatic heterocycles. The number of methoxy groups -OCH3 is 1. The average Bonchev–Trinajstić information content (AvgIpc) is 3.24. The third kappa shape index (κ3) is 5.21. The summed E-state index contributed by atoms with van der Waals surface area (Å²) in [7, 11) is 3.60. The van der Waals surface area contributed by atoms with Crippen LogP contribution in [-0.4, -0.2) is 68.4 Å². The minimum absolute atomic E-state index is 0.115. The Morgan fingerprint density at radius 3 is 2.61 bits per heavy atom. The summed E-state index contributed by atoms with van der Waals surface area (Å²) in [4.78, 5) is 26.5. The number of aromatic nitrogens is 4. The first-order valence-electron chi connectivity index (χ1n) is 11.8. The molecule has 4 rings (SSSR count). The highest BCUT2D eigenvalue weighted by Gasteiger charge is 2.42. The number of hydrogen-bond donors (Lipinski definition) is 3. The minimum atomic E-state index is -0.115. The van der Waals surface area contributed by atoms with Gasteiger partial charge in [-0.3, -0.25) is 9.89 Å². The third-order valence-electron chi connectivity index (χ3n) is 6.64. The van der Waals surface area contributed by atoms with E-state index in [4.69, 9.17) is 9.72 Å². The van der Waals surface area contributed by atoms with Crippen molar-refractivity contribution < 1.29 is 14.6 Å². The number of carbonyl (C=O) groups is 1. The van der Waals surface area contributed by atoms with E-state index in [9.17, 15) is 9.90 Å². The van der Waals surface area contributed by atoms with Crippen molar-refractivity contribution >= 4 is 23.5 Å². The number of carbonyl (C=O) groups excluding carboxylic acids is 1. The first-order chi connectivity index (χ1) is 15.9. The molecule has 3 atom stereocenters. The lowest BCUT2D eigenvalue weighted by Crippen LogP contribution is -2.58. The normalized spacial score (nSPS) is 22.4. The maximum atomic E-state index is 12.9. The van der Waals surface area contributed by atoms with Gasteiger partial charge in [-0.25, -0.2) is 0 Å². The Balaban J connectivity index is 1.51. The third-order valence-corrected chi connectivity index (χ3v) is 6.64.